The van der Waals surface area contributed by atoms with Crippen LogP contribution >= 0.6 is 0 Å². The molecule has 0 aliphatic carbocycles. The van der Waals surface area contributed by atoms with Crippen LogP contribution in [0, 0.1) is 5.92 Å². The van der Waals surface area contributed by atoms with Gasteiger partial charge in [0, 0.05) is 17.5 Å². The van der Waals surface area contributed by atoms with Gasteiger partial charge in [-0.3, -0.25) is 0 Å². The summed E-state index contributed by atoms with van der Waals surface area (Å²) in [4.78, 5) is 11.4. The minimum atomic E-state index is -2.62. The monoisotopic (exact) mass is 295 g/mol. The van der Waals surface area contributed by atoms with E-state index < -0.39 is 12.4 Å². The molecule has 0 atom stereocenters. The van der Waals surface area contributed by atoms with Gasteiger partial charge in [0.1, 0.15) is 11.3 Å². The van der Waals surface area contributed by atoms with Crippen LogP contribution < -0.4 is 0 Å². The summed E-state index contributed by atoms with van der Waals surface area (Å²) >= 11 is 0. The molecule has 0 fully saturated rings. The number of alkyl halides is 2. The Balaban J connectivity index is 2.51. The molecule has 1 aromatic heterocycles. The Morgan fingerprint density at radius 3 is 2.67 bits per heavy atom. The van der Waals surface area contributed by atoms with E-state index in [9.17, 15) is 18.7 Å². The molecule has 4 nitrogen and oxygen atoms in total. The number of benzene rings is 1. The van der Waals surface area contributed by atoms with Gasteiger partial charge in [0.05, 0.1) is 0 Å². The van der Waals surface area contributed by atoms with Crippen LogP contribution in [0.4, 0.5) is 8.78 Å². The second-order valence-corrected chi connectivity index (χ2v) is 5.16. The molecule has 1 N–H and O–H groups in total. The van der Waals surface area contributed by atoms with Crippen molar-refractivity contribution in [2.24, 2.45) is 5.92 Å². The van der Waals surface area contributed by atoms with Crippen LogP contribution in [-0.4, -0.2) is 16.2 Å². The summed E-state index contributed by atoms with van der Waals surface area (Å²) in [6.07, 6.45) is -2.20. The molecule has 21 heavy (non-hydrogen) atoms. The molecular formula is C15H15F2NO3. The number of hydrogen-bond donors (Lipinski definition) is 1. The van der Waals surface area contributed by atoms with Crippen molar-refractivity contribution in [1.29, 1.82) is 0 Å². The first-order valence-corrected chi connectivity index (χ1v) is 6.50. The molecule has 1 aromatic carbocycles. The van der Waals surface area contributed by atoms with Crippen molar-refractivity contribution in [1.82, 2.24) is 5.16 Å². The third-order valence-corrected chi connectivity index (χ3v) is 2.98. The molecule has 0 spiro atoms. The highest BCUT2D eigenvalue weighted by Gasteiger charge is 2.24. The summed E-state index contributed by atoms with van der Waals surface area (Å²) in [6, 6.07) is 5.49. The zero-order valence-corrected chi connectivity index (χ0v) is 11.6. The number of nitrogens with zero attached hydrogens (tertiary/aromatic N) is 1. The van der Waals surface area contributed by atoms with E-state index in [1.807, 2.05) is 13.8 Å². The van der Waals surface area contributed by atoms with Crippen molar-refractivity contribution in [2.45, 2.75) is 26.7 Å². The van der Waals surface area contributed by atoms with E-state index in [1.165, 1.54) is 24.3 Å². The molecule has 0 radical (unpaired) electrons. The Bertz CT molecular complexity index is 650. The summed E-state index contributed by atoms with van der Waals surface area (Å²) < 4.78 is 30.6. The van der Waals surface area contributed by atoms with Gasteiger partial charge in [0.15, 0.2) is 5.76 Å². The molecule has 1 heterocycles. The van der Waals surface area contributed by atoms with Gasteiger partial charge in [-0.1, -0.05) is 37.2 Å². The summed E-state index contributed by atoms with van der Waals surface area (Å²) in [5.41, 5.74) is 0.150. The first-order valence-electron chi connectivity index (χ1n) is 6.50. The molecule has 2 rings (SSSR count). The first-order chi connectivity index (χ1) is 9.90. The van der Waals surface area contributed by atoms with Crippen molar-refractivity contribution < 1.29 is 23.2 Å². The molecule has 0 bridgehead atoms. The molecule has 0 saturated carbocycles. The van der Waals surface area contributed by atoms with Gasteiger partial charge in [-0.25, -0.2) is 13.6 Å². The number of halogens is 2. The average molecular weight is 295 g/mol. The van der Waals surface area contributed by atoms with E-state index in [4.69, 9.17) is 4.52 Å². The van der Waals surface area contributed by atoms with Gasteiger partial charge >= 0.3 is 5.97 Å². The summed E-state index contributed by atoms with van der Waals surface area (Å²) in [7, 11) is 0. The van der Waals surface area contributed by atoms with Crippen LogP contribution in [0.2, 0.25) is 0 Å². The van der Waals surface area contributed by atoms with Gasteiger partial charge in [-0.05, 0) is 12.0 Å². The Kier molecular flexibility index (Phi) is 4.35. The second kappa shape index (κ2) is 6.03. The maximum absolute atomic E-state index is 12.7. The Morgan fingerprint density at radius 1 is 1.38 bits per heavy atom. The van der Waals surface area contributed by atoms with E-state index >= 15 is 0 Å². The summed E-state index contributed by atoms with van der Waals surface area (Å²) in [6.45, 7) is 3.84. The number of rotatable bonds is 5. The lowest BCUT2D eigenvalue weighted by atomic mass is 10.00. The molecule has 0 aliphatic rings. The fourth-order valence-electron chi connectivity index (χ4n) is 2.07. The zero-order valence-electron chi connectivity index (χ0n) is 11.6. The molecule has 0 aliphatic heterocycles. The SMILES string of the molecule is CC(C)Cc1onc(-c2cccc(C(F)F)c2)c1C(=O)O. The molecule has 6 heteroatoms. The molecule has 112 valence electrons. The smallest absolute Gasteiger partial charge is 0.341 e. The van der Waals surface area contributed by atoms with Gasteiger partial charge in [-0.15, -0.1) is 0 Å². The molecule has 2 aromatic rings. The van der Waals surface area contributed by atoms with E-state index in [1.54, 1.807) is 0 Å². The lowest BCUT2D eigenvalue weighted by Gasteiger charge is -2.04. The Morgan fingerprint density at radius 2 is 2.10 bits per heavy atom. The highest BCUT2D eigenvalue weighted by atomic mass is 19.3. The number of aromatic carboxylic acids is 1. The summed E-state index contributed by atoms with van der Waals surface area (Å²) in [5, 5.41) is 13.1. The van der Waals surface area contributed by atoms with E-state index in [0.29, 0.717) is 12.0 Å². The van der Waals surface area contributed by atoms with Crippen LogP contribution in [0.25, 0.3) is 11.3 Å². The van der Waals surface area contributed by atoms with Crippen molar-refractivity contribution in [2.75, 3.05) is 0 Å². The van der Waals surface area contributed by atoms with Gasteiger partial charge in [0.25, 0.3) is 6.43 Å². The van der Waals surface area contributed by atoms with Crippen LogP contribution in [0.3, 0.4) is 0 Å². The lowest BCUT2D eigenvalue weighted by Crippen LogP contribution is -2.04. The fourth-order valence-corrected chi connectivity index (χ4v) is 2.07. The minimum absolute atomic E-state index is 0.0601. The number of hydrogen-bond acceptors (Lipinski definition) is 3. The van der Waals surface area contributed by atoms with Crippen LogP contribution in [-0.2, 0) is 6.42 Å². The van der Waals surface area contributed by atoms with Crippen molar-refractivity contribution in [3.05, 3.63) is 41.2 Å². The second-order valence-electron chi connectivity index (χ2n) is 5.16. The maximum atomic E-state index is 12.7. The van der Waals surface area contributed by atoms with Crippen molar-refractivity contribution >= 4 is 5.97 Å². The highest BCUT2D eigenvalue weighted by Crippen LogP contribution is 2.30. The Hall–Kier alpha value is -2.24. The van der Waals surface area contributed by atoms with Crippen LogP contribution in [0.5, 0.6) is 0 Å². The number of aromatic nitrogens is 1. The van der Waals surface area contributed by atoms with Crippen LogP contribution in [0.1, 0.15) is 42.0 Å². The Labute approximate surface area is 120 Å². The number of carbonyl (C=O) groups is 1. The topological polar surface area (TPSA) is 63.3 Å². The minimum Gasteiger partial charge on any atom is -0.477 e. The van der Waals surface area contributed by atoms with Crippen molar-refractivity contribution in [3.8, 4) is 11.3 Å². The molecule has 0 unspecified atom stereocenters. The summed E-state index contributed by atoms with van der Waals surface area (Å²) in [5.74, 6) is -0.726. The lowest BCUT2D eigenvalue weighted by molar-refractivity contribution is 0.0695. The standard InChI is InChI=1S/C15H15F2NO3/c1-8(2)6-11-12(15(19)20)13(18-21-11)9-4-3-5-10(7-9)14(16)17/h3-5,7-8,14H,6H2,1-2H3,(H,19,20). The van der Waals surface area contributed by atoms with E-state index in [0.717, 1.165) is 0 Å². The quantitative estimate of drug-likeness (QED) is 0.899. The highest BCUT2D eigenvalue weighted by molar-refractivity contribution is 5.95. The van der Waals surface area contributed by atoms with Gasteiger partial charge in [-0.2, -0.15) is 0 Å². The average Bonchev–Trinajstić information content (AvgIpc) is 2.81. The third-order valence-electron chi connectivity index (χ3n) is 2.98. The maximum Gasteiger partial charge on any atom is 0.341 e. The largest absolute Gasteiger partial charge is 0.477 e. The molecular weight excluding hydrogens is 280 g/mol. The first kappa shape index (κ1) is 15.2. The van der Waals surface area contributed by atoms with Gasteiger partial charge in [0.2, 0.25) is 0 Å². The fraction of sp³-hybridized carbons (Fsp3) is 0.333. The number of carboxylic acids is 1. The van der Waals surface area contributed by atoms with E-state index in [-0.39, 0.29) is 28.5 Å². The molecule has 0 amide bonds. The third kappa shape index (κ3) is 3.26. The van der Waals surface area contributed by atoms with E-state index in [2.05, 4.69) is 5.16 Å². The zero-order chi connectivity index (χ0) is 15.6. The predicted octanol–water partition coefficient (Wildman–Crippen LogP) is 4.18. The van der Waals surface area contributed by atoms with Crippen molar-refractivity contribution in [3.63, 3.8) is 0 Å². The number of carboxylic acid groups (broad SMARTS) is 1. The van der Waals surface area contributed by atoms with Gasteiger partial charge < -0.3 is 9.63 Å². The predicted molar refractivity (Wildman–Crippen MR) is 72.4 cm³/mol. The normalized spacial score (nSPS) is 11.3. The molecule has 0 saturated heterocycles. The van der Waals surface area contributed by atoms with Crippen LogP contribution in [0.15, 0.2) is 28.8 Å².